The first kappa shape index (κ1) is 13.5. The molecule has 1 unspecified atom stereocenters. The van der Waals surface area contributed by atoms with E-state index in [-0.39, 0.29) is 5.38 Å². The molecule has 0 saturated heterocycles. The van der Waals surface area contributed by atoms with Gasteiger partial charge < -0.3 is 0 Å². The van der Waals surface area contributed by atoms with Crippen molar-refractivity contribution in [2.75, 3.05) is 0 Å². The fourth-order valence-electron chi connectivity index (χ4n) is 2.36. The molecule has 3 aromatic rings. The summed E-state index contributed by atoms with van der Waals surface area (Å²) in [6.45, 7) is 3.94. The monoisotopic (exact) mass is 304 g/mol. The van der Waals surface area contributed by atoms with Crippen molar-refractivity contribution in [3.63, 3.8) is 0 Å². The number of hydrogen-bond donors (Lipinski definition) is 0. The topological polar surface area (TPSA) is 17.8 Å². The van der Waals surface area contributed by atoms with Crippen LogP contribution in [0.2, 0.25) is 5.02 Å². The van der Waals surface area contributed by atoms with Crippen LogP contribution in [-0.2, 0) is 0 Å². The Hall–Kier alpha value is -1.51. The van der Waals surface area contributed by atoms with Crippen LogP contribution < -0.4 is 0 Å². The molecule has 0 aliphatic heterocycles. The largest absolute Gasteiger partial charge is 0.294 e. The minimum absolute atomic E-state index is 0.195. The summed E-state index contributed by atoms with van der Waals surface area (Å²) in [6.07, 6.45) is 0. The van der Waals surface area contributed by atoms with Gasteiger partial charge in [-0.3, -0.25) is 4.57 Å². The van der Waals surface area contributed by atoms with E-state index in [0.29, 0.717) is 5.02 Å². The van der Waals surface area contributed by atoms with E-state index >= 15 is 0 Å². The number of alkyl halides is 1. The Morgan fingerprint density at radius 3 is 2.60 bits per heavy atom. The molecular weight excluding hydrogens is 291 g/mol. The number of nitrogens with zero attached hydrogens (tertiary/aromatic N) is 2. The van der Waals surface area contributed by atoms with Gasteiger partial charge in [-0.25, -0.2) is 4.98 Å². The summed E-state index contributed by atoms with van der Waals surface area (Å²) in [5, 5.41) is 0.506. The molecule has 0 fully saturated rings. The zero-order valence-electron chi connectivity index (χ0n) is 11.3. The van der Waals surface area contributed by atoms with Crippen molar-refractivity contribution >= 4 is 34.2 Å². The van der Waals surface area contributed by atoms with Gasteiger partial charge in [-0.1, -0.05) is 29.8 Å². The van der Waals surface area contributed by atoms with Crippen LogP contribution in [0, 0.1) is 6.92 Å². The maximum Gasteiger partial charge on any atom is 0.132 e. The summed E-state index contributed by atoms with van der Waals surface area (Å²) >= 11 is 12.7. The predicted octanol–water partition coefficient (Wildman–Crippen LogP) is 5.29. The van der Waals surface area contributed by atoms with E-state index < -0.39 is 0 Å². The van der Waals surface area contributed by atoms with E-state index in [1.54, 1.807) is 0 Å². The highest BCUT2D eigenvalue weighted by atomic mass is 35.5. The van der Waals surface area contributed by atoms with E-state index in [4.69, 9.17) is 23.2 Å². The van der Waals surface area contributed by atoms with Crippen LogP contribution in [-0.4, -0.2) is 9.55 Å². The summed E-state index contributed by atoms with van der Waals surface area (Å²) in [7, 11) is 0. The number of aromatic nitrogens is 2. The maximum atomic E-state index is 6.41. The molecule has 0 amide bonds. The van der Waals surface area contributed by atoms with Crippen LogP contribution in [0.25, 0.3) is 16.7 Å². The molecule has 0 aliphatic carbocycles. The first-order valence-corrected chi connectivity index (χ1v) is 7.27. The van der Waals surface area contributed by atoms with E-state index in [2.05, 4.69) is 4.98 Å². The summed E-state index contributed by atoms with van der Waals surface area (Å²) < 4.78 is 2.04. The maximum absolute atomic E-state index is 6.41. The Morgan fingerprint density at radius 2 is 1.90 bits per heavy atom. The summed E-state index contributed by atoms with van der Waals surface area (Å²) in [4.78, 5) is 4.62. The third-order valence-electron chi connectivity index (χ3n) is 3.29. The molecule has 2 aromatic carbocycles. The van der Waals surface area contributed by atoms with E-state index in [9.17, 15) is 0 Å². The van der Waals surface area contributed by atoms with Crippen molar-refractivity contribution in [2.24, 2.45) is 0 Å². The Labute approximate surface area is 128 Å². The zero-order chi connectivity index (χ0) is 14.3. The van der Waals surface area contributed by atoms with Crippen LogP contribution in [0.5, 0.6) is 0 Å². The minimum atomic E-state index is -0.195. The standard InChI is InChI=1S/C16H14Cl2N2/c1-10-7-8-14(12(18)9-10)20-15-6-4-3-5-13(15)19-16(20)11(2)17/h3-9,11H,1-2H3. The molecule has 20 heavy (non-hydrogen) atoms. The molecule has 1 heterocycles. The summed E-state index contributed by atoms with van der Waals surface area (Å²) in [6, 6.07) is 14.0. The van der Waals surface area contributed by atoms with E-state index in [1.807, 2.05) is 60.9 Å². The van der Waals surface area contributed by atoms with Crippen LogP contribution in [0.1, 0.15) is 23.7 Å². The van der Waals surface area contributed by atoms with Crippen molar-refractivity contribution in [3.8, 4) is 5.69 Å². The van der Waals surface area contributed by atoms with Crippen molar-refractivity contribution < 1.29 is 0 Å². The van der Waals surface area contributed by atoms with Gasteiger partial charge in [0.25, 0.3) is 0 Å². The predicted molar refractivity (Wildman–Crippen MR) is 85.1 cm³/mol. The first-order valence-electron chi connectivity index (χ1n) is 6.46. The van der Waals surface area contributed by atoms with E-state index in [1.165, 1.54) is 0 Å². The molecule has 0 radical (unpaired) electrons. The zero-order valence-corrected chi connectivity index (χ0v) is 12.8. The third-order valence-corrected chi connectivity index (χ3v) is 3.78. The van der Waals surface area contributed by atoms with Gasteiger partial charge in [0.1, 0.15) is 5.82 Å². The highest BCUT2D eigenvalue weighted by Crippen LogP contribution is 2.31. The van der Waals surface area contributed by atoms with Gasteiger partial charge >= 0.3 is 0 Å². The molecule has 0 N–H and O–H groups in total. The molecule has 0 spiro atoms. The van der Waals surface area contributed by atoms with Crippen molar-refractivity contribution in [2.45, 2.75) is 19.2 Å². The van der Waals surface area contributed by atoms with Crippen LogP contribution in [0.3, 0.4) is 0 Å². The second kappa shape index (κ2) is 5.12. The fraction of sp³-hybridized carbons (Fsp3) is 0.188. The van der Waals surface area contributed by atoms with Crippen molar-refractivity contribution in [1.82, 2.24) is 9.55 Å². The number of aryl methyl sites for hydroxylation is 1. The Kier molecular flexibility index (Phi) is 3.45. The number of hydrogen-bond acceptors (Lipinski definition) is 1. The van der Waals surface area contributed by atoms with Gasteiger partial charge in [0.2, 0.25) is 0 Å². The van der Waals surface area contributed by atoms with Gasteiger partial charge in [-0.2, -0.15) is 0 Å². The molecule has 2 nitrogen and oxygen atoms in total. The molecule has 1 atom stereocenters. The van der Waals surface area contributed by atoms with Gasteiger partial charge in [0, 0.05) is 0 Å². The van der Waals surface area contributed by atoms with Crippen LogP contribution >= 0.6 is 23.2 Å². The summed E-state index contributed by atoms with van der Waals surface area (Å²) in [5.41, 5.74) is 3.98. The lowest BCUT2D eigenvalue weighted by Gasteiger charge is -2.12. The van der Waals surface area contributed by atoms with E-state index in [0.717, 1.165) is 28.1 Å². The molecule has 0 bridgehead atoms. The first-order chi connectivity index (χ1) is 9.58. The van der Waals surface area contributed by atoms with Gasteiger partial charge in [-0.05, 0) is 43.7 Å². The minimum Gasteiger partial charge on any atom is -0.294 e. The molecule has 0 aliphatic rings. The Bertz CT molecular complexity index is 775. The van der Waals surface area contributed by atoms with Crippen LogP contribution in [0.15, 0.2) is 42.5 Å². The normalized spacial score (nSPS) is 12.8. The molecule has 3 rings (SSSR count). The van der Waals surface area contributed by atoms with Gasteiger partial charge in [-0.15, -0.1) is 11.6 Å². The number of para-hydroxylation sites is 2. The van der Waals surface area contributed by atoms with Crippen molar-refractivity contribution in [1.29, 1.82) is 0 Å². The number of halogens is 2. The molecule has 4 heteroatoms. The molecule has 0 saturated carbocycles. The molecular formula is C16H14Cl2N2. The highest BCUT2D eigenvalue weighted by molar-refractivity contribution is 6.32. The fourth-order valence-corrected chi connectivity index (χ4v) is 2.82. The van der Waals surface area contributed by atoms with Gasteiger partial charge in [0.05, 0.1) is 27.1 Å². The third kappa shape index (κ3) is 2.19. The van der Waals surface area contributed by atoms with Crippen LogP contribution in [0.4, 0.5) is 0 Å². The lowest BCUT2D eigenvalue weighted by atomic mass is 10.2. The highest BCUT2D eigenvalue weighted by Gasteiger charge is 2.17. The quantitative estimate of drug-likeness (QED) is 0.588. The Morgan fingerprint density at radius 1 is 1.15 bits per heavy atom. The van der Waals surface area contributed by atoms with Gasteiger partial charge in [0.15, 0.2) is 0 Å². The molecule has 1 aromatic heterocycles. The second-order valence-electron chi connectivity index (χ2n) is 4.86. The average molecular weight is 305 g/mol. The number of imidazole rings is 1. The SMILES string of the molecule is Cc1ccc(-n2c(C(C)Cl)nc3ccccc32)c(Cl)c1. The molecule has 102 valence electrons. The smallest absolute Gasteiger partial charge is 0.132 e. The second-order valence-corrected chi connectivity index (χ2v) is 5.93. The Balaban J connectivity index is 2.36. The number of fused-ring (bicyclic) bond motifs is 1. The number of rotatable bonds is 2. The van der Waals surface area contributed by atoms with Crippen molar-refractivity contribution in [3.05, 3.63) is 58.9 Å². The average Bonchev–Trinajstić information content (AvgIpc) is 2.78. The lowest BCUT2D eigenvalue weighted by molar-refractivity contribution is 0.882. The summed E-state index contributed by atoms with van der Waals surface area (Å²) in [5.74, 6) is 0.804. The lowest BCUT2D eigenvalue weighted by Crippen LogP contribution is -2.02. The number of benzene rings is 2.